The van der Waals surface area contributed by atoms with Gasteiger partial charge in [0.2, 0.25) is 5.91 Å². The number of benzene rings is 1. The predicted octanol–water partition coefficient (Wildman–Crippen LogP) is 2.89. The van der Waals surface area contributed by atoms with Gasteiger partial charge in [0, 0.05) is 31.8 Å². The number of nitrogens with zero attached hydrogens (tertiary/aromatic N) is 2. The highest BCUT2D eigenvalue weighted by molar-refractivity contribution is 5.99. The van der Waals surface area contributed by atoms with Gasteiger partial charge in [0.1, 0.15) is 11.3 Å². The minimum absolute atomic E-state index is 0.0927. The lowest BCUT2D eigenvalue weighted by Gasteiger charge is -2.31. The lowest BCUT2D eigenvalue weighted by atomic mass is 9.96. The molecule has 170 valence electrons. The number of nitrogens with one attached hydrogen (secondary N) is 1. The fourth-order valence-electron chi connectivity index (χ4n) is 3.54. The Morgan fingerprint density at radius 2 is 1.94 bits per heavy atom. The van der Waals surface area contributed by atoms with E-state index < -0.39 is 10.8 Å². The number of methoxy groups -OCH3 is 2. The molecule has 0 bridgehead atoms. The van der Waals surface area contributed by atoms with E-state index in [2.05, 4.69) is 5.32 Å². The fourth-order valence-corrected chi connectivity index (χ4v) is 3.54. The molecule has 0 spiro atoms. The van der Waals surface area contributed by atoms with E-state index in [1.54, 1.807) is 29.4 Å². The number of carbonyl (C=O) groups is 2. The van der Waals surface area contributed by atoms with E-state index in [0.29, 0.717) is 38.2 Å². The first-order valence-corrected chi connectivity index (χ1v) is 10.1. The maximum Gasteiger partial charge on any atom is 0.286 e. The van der Waals surface area contributed by atoms with Gasteiger partial charge in [-0.15, -0.1) is 0 Å². The van der Waals surface area contributed by atoms with E-state index in [-0.39, 0.29) is 34.6 Å². The molecule has 1 aromatic carbocycles. The quantitative estimate of drug-likeness (QED) is 0.378. The summed E-state index contributed by atoms with van der Waals surface area (Å²) in [7, 11) is 2.76. The van der Waals surface area contributed by atoms with Crippen LogP contribution in [0.4, 0.5) is 5.69 Å². The predicted molar refractivity (Wildman–Crippen MR) is 116 cm³/mol. The largest absolute Gasteiger partial charge is 0.493 e. The number of furan rings is 1. The minimum atomic E-state index is -0.628. The molecule has 32 heavy (non-hydrogen) atoms. The summed E-state index contributed by atoms with van der Waals surface area (Å²) in [6, 6.07) is 6.00. The van der Waals surface area contributed by atoms with Crippen LogP contribution in [0, 0.1) is 16.0 Å². The maximum atomic E-state index is 12.7. The zero-order valence-electron chi connectivity index (χ0n) is 17.9. The summed E-state index contributed by atoms with van der Waals surface area (Å²) in [4.78, 5) is 37.5. The summed E-state index contributed by atoms with van der Waals surface area (Å²) in [5.74, 6) is 0.533. The molecule has 10 heteroatoms. The Bertz CT molecular complexity index is 993. The van der Waals surface area contributed by atoms with E-state index in [4.69, 9.17) is 13.9 Å². The minimum Gasteiger partial charge on any atom is -0.493 e. The molecule has 1 saturated heterocycles. The number of ether oxygens (including phenoxy) is 2. The molecule has 1 aliphatic rings. The molecule has 1 aliphatic heterocycles. The summed E-state index contributed by atoms with van der Waals surface area (Å²) in [5, 5.41) is 14.2. The first-order valence-electron chi connectivity index (χ1n) is 10.1. The molecule has 0 unspecified atom stereocenters. The zero-order valence-corrected chi connectivity index (χ0v) is 17.9. The van der Waals surface area contributed by atoms with Gasteiger partial charge in [-0.25, -0.2) is 0 Å². The topological polar surface area (TPSA) is 124 Å². The van der Waals surface area contributed by atoms with Gasteiger partial charge in [-0.1, -0.05) is 0 Å². The molecule has 1 fully saturated rings. The molecule has 1 N–H and O–H groups in total. The van der Waals surface area contributed by atoms with E-state index in [1.165, 1.54) is 32.4 Å². The summed E-state index contributed by atoms with van der Waals surface area (Å²) < 4.78 is 15.4. The van der Waals surface area contributed by atoms with Crippen LogP contribution in [0.1, 0.15) is 29.0 Å². The second kappa shape index (κ2) is 10.5. The van der Waals surface area contributed by atoms with Crippen molar-refractivity contribution in [3.8, 4) is 11.5 Å². The average molecular weight is 443 g/mol. The molecule has 0 saturated carbocycles. The second-order valence-corrected chi connectivity index (χ2v) is 7.31. The Balaban J connectivity index is 1.55. The van der Waals surface area contributed by atoms with Crippen LogP contribution in [-0.2, 0) is 4.79 Å². The van der Waals surface area contributed by atoms with Gasteiger partial charge < -0.3 is 24.1 Å². The van der Waals surface area contributed by atoms with Gasteiger partial charge in [0.25, 0.3) is 11.6 Å². The van der Waals surface area contributed by atoms with Crippen LogP contribution >= 0.6 is 0 Å². The maximum absolute atomic E-state index is 12.7. The van der Waals surface area contributed by atoms with Gasteiger partial charge in [0.15, 0.2) is 11.5 Å². The molecule has 0 atom stereocenters. The second-order valence-electron chi connectivity index (χ2n) is 7.31. The Morgan fingerprint density at radius 1 is 1.25 bits per heavy atom. The first-order chi connectivity index (χ1) is 15.4. The molecule has 3 rings (SSSR count). The Kier molecular flexibility index (Phi) is 7.48. The third-order valence-corrected chi connectivity index (χ3v) is 5.35. The van der Waals surface area contributed by atoms with Gasteiger partial charge in [-0.05, 0) is 37.0 Å². The van der Waals surface area contributed by atoms with Gasteiger partial charge in [0.05, 0.1) is 31.5 Å². The van der Waals surface area contributed by atoms with Crippen molar-refractivity contribution in [2.75, 3.05) is 33.9 Å². The number of hydrogen-bond donors (Lipinski definition) is 1. The van der Waals surface area contributed by atoms with E-state index in [1.807, 2.05) is 0 Å². The number of piperidine rings is 1. The van der Waals surface area contributed by atoms with Crippen molar-refractivity contribution in [2.45, 2.75) is 12.8 Å². The summed E-state index contributed by atoms with van der Waals surface area (Å²) >= 11 is 0. The van der Waals surface area contributed by atoms with Crippen LogP contribution in [0.5, 0.6) is 11.5 Å². The van der Waals surface area contributed by atoms with Gasteiger partial charge in [-0.3, -0.25) is 19.7 Å². The van der Waals surface area contributed by atoms with Crippen molar-refractivity contribution in [2.24, 2.45) is 5.92 Å². The van der Waals surface area contributed by atoms with Crippen LogP contribution in [0.25, 0.3) is 6.08 Å². The summed E-state index contributed by atoms with van der Waals surface area (Å²) in [6.07, 6.45) is 6.09. The molecular weight excluding hydrogens is 418 g/mol. The van der Waals surface area contributed by atoms with Crippen molar-refractivity contribution in [3.05, 3.63) is 58.0 Å². The molecule has 2 heterocycles. The molecule has 0 aliphatic carbocycles. The van der Waals surface area contributed by atoms with E-state index >= 15 is 0 Å². The molecule has 1 aromatic heterocycles. The van der Waals surface area contributed by atoms with Crippen molar-refractivity contribution in [3.63, 3.8) is 0 Å². The standard InChI is InChI=1S/C22H25N3O7/c1-30-19-12-17(18(25(28)29)13-20(19)31-2)22(27)23-14-15-7-9-24(10-8-15)21(26)6-5-16-4-3-11-32-16/h3-6,11-13,15H,7-10,14H2,1-2H3,(H,23,27)/b6-5+. The monoisotopic (exact) mass is 443 g/mol. The van der Waals surface area contributed by atoms with E-state index in [9.17, 15) is 19.7 Å². The van der Waals surface area contributed by atoms with Crippen molar-refractivity contribution >= 4 is 23.6 Å². The van der Waals surface area contributed by atoms with Crippen molar-refractivity contribution in [1.29, 1.82) is 0 Å². The highest BCUT2D eigenvalue weighted by Gasteiger charge is 2.26. The van der Waals surface area contributed by atoms with Crippen LogP contribution in [0.3, 0.4) is 0 Å². The number of likely N-dealkylation sites (tertiary alicyclic amines) is 1. The number of carbonyl (C=O) groups excluding carboxylic acids is 2. The number of amides is 2. The van der Waals surface area contributed by atoms with Crippen LogP contribution in [-0.4, -0.2) is 55.5 Å². The first kappa shape index (κ1) is 22.9. The SMILES string of the molecule is COc1cc(C(=O)NCC2CCN(C(=O)/C=C/c3ccco3)CC2)c([N+](=O)[O-])cc1OC. The number of nitro benzene ring substituents is 1. The van der Waals surface area contributed by atoms with Crippen LogP contribution < -0.4 is 14.8 Å². The molecular formula is C22H25N3O7. The molecule has 10 nitrogen and oxygen atoms in total. The highest BCUT2D eigenvalue weighted by atomic mass is 16.6. The normalized spacial score (nSPS) is 14.4. The average Bonchev–Trinajstić information content (AvgIpc) is 3.34. The Labute approximate surface area is 184 Å². The number of rotatable bonds is 8. The Morgan fingerprint density at radius 3 is 2.53 bits per heavy atom. The number of hydrogen-bond acceptors (Lipinski definition) is 7. The lowest BCUT2D eigenvalue weighted by Crippen LogP contribution is -2.41. The third kappa shape index (κ3) is 5.45. The van der Waals surface area contributed by atoms with Gasteiger partial charge >= 0.3 is 0 Å². The summed E-state index contributed by atoms with van der Waals surface area (Å²) in [5.41, 5.74) is -0.452. The van der Waals surface area contributed by atoms with Gasteiger partial charge in [-0.2, -0.15) is 0 Å². The van der Waals surface area contributed by atoms with Crippen LogP contribution in [0.15, 0.2) is 41.0 Å². The Hall–Kier alpha value is -3.82. The highest BCUT2D eigenvalue weighted by Crippen LogP contribution is 2.34. The summed E-state index contributed by atoms with van der Waals surface area (Å²) in [6.45, 7) is 1.49. The zero-order chi connectivity index (χ0) is 23.1. The molecule has 0 radical (unpaired) electrons. The third-order valence-electron chi connectivity index (χ3n) is 5.35. The van der Waals surface area contributed by atoms with E-state index in [0.717, 1.165) is 0 Å². The van der Waals surface area contributed by atoms with Crippen molar-refractivity contribution < 1.29 is 28.4 Å². The molecule has 2 aromatic rings. The number of nitro groups is 1. The smallest absolute Gasteiger partial charge is 0.286 e. The van der Waals surface area contributed by atoms with Crippen LogP contribution in [0.2, 0.25) is 0 Å². The lowest BCUT2D eigenvalue weighted by molar-refractivity contribution is -0.385. The molecule has 2 amide bonds. The van der Waals surface area contributed by atoms with Crippen molar-refractivity contribution in [1.82, 2.24) is 10.2 Å². The fraction of sp³-hybridized carbons (Fsp3) is 0.364.